The summed E-state index contributed by atoms with van der Waals surface area (Å²) in [5.41, 5.74) is 4.27. The topological polar surface area (TPSA) is 134 Å². The zero-order chi connectivity index (χ0) is 37.7. The van der Waals surface area contributed by atoms with Gasteiger partial charge in [-0.3, -0.25) is 14.5 Å². The molecule has 1 aliphatic carbocycles. The number of alkyl halides is 5. The van der Waals surface area contributed by atoms with E-state index >= 15 is 4.39 Å². The summed E-state index contributed by atoms with van der Waals surface area (Å²) < 4.78 is 90.5. The van der Waals surface area contributed by atoms with Crippen LogP contribution in [-0.4, -0.2) is 60.1 Å². The van der Waals surface area contributed by atoms with Crippen LogP contribution in [0.5, 0.6) is 0 Å². The number of aromatic nitrogens is 5. The van der Waals surface area contributed by atoms with E-state index in [2.05, 4.69) is 20.2 Å². The Bertz CT molecular complexity index is 2030. The molecule has 0 saturated heterocycles. The van der Waals surface area contributed by atoms with Crippen LogP contribution in [-0.2, 0) is 19.9 Å². The smallest absolute Gasteiger partial charge is 0.333 e. The summed E-state index contributed by atoms with van der Waals surface area (Å²) >= 11 is 6.41. The molecular formula is C34H33ClF6N8O3. The van der Waals surface area contributed by atoms with Crippen LogP contribution in [0.15, 0.2) is 60.1 Å². The van der Waals surface area contributed by atoms with Crippen molar-refractivity contribution in [2.24, 2.45) is 22.1 Å². The molecule has 2 aromatic carbocycles. The van der Waals surface area contributed by atoms with Gasteiger partial charge in [-0.15, -0.1) is 0 Å². The van der Waals surface area contributed by atoms with Crippen molar-refractivity contribution in [3.05, 3.63) is 82.9 Å². The molecule has 4 atom stereocenters. The van der Waals surface area contributed by atoms with Crippen LogP contribution >= 0.6 is 11.6 Å². The Hall–Kier alpha value is -4.93. The highest BCUT2D eigenvalue weighted by Gasteiger charge is 2.54. The van der Waals surface area contributed by atoms with Crippen molar-refractivity contribution in [3.8, 4) is 16.8 Å². The number of hydrogen-bond acceptors (Lipinski definition) is 8. The molecule has 0 radical (unpaired) electrons. The minimum absolute atomic E-state index is 0.00710. The van der Waals surface area contributed by atoms with Crippen molar-refractivity contribution >= 4 is 29.4 Å². The monoisotopic (exact) mass is 750 g/mol. The predicted molar refractivity (Wildman–Crippen MR) is 176 cm³/mol. The normalized spacial score (nSPS) is 20.9. The molecule has 3 heterocycles. The molecule has 18 heteroatoms. The van der Waals surface area contributed by atoms with E-state index in [4.69, 9.17) is 22.1 Å². The first-order valence-corrected chi connectivity index (χ1v) is 16.5. The Morgan fingerprint density at radius 3 is 2.46 bits per heavy atom. The minimum Gasteiger partial charge on any atom is -0.463 e. The van der Waals surface area contributed by atoms with Crippen LogP contribution < -0.4 is 5.73 Å². The molecule has 1 saturated carbocycles. The Balaban J connectivity index is 1.42. The Morgan fingerprint density at radius 1 is 1.12 bits per heavy atom. The second-order valence-electron chi connectivity index (χ2n) is 13.9. The average Bonchev–Trinajstić information content (AvgIpc) is 3.45. The zero-order valence-electron chi connectivity index (χ0n) is 28.0. The van der Waals surface area contributed by atoms with Crippen molar-refractivity contribution in [2.45, 2.75) is 70.8 Å². The molecule has 1 fully saturated rings. The maximum atomic E-state index is 16.2. The number of rotatable bonds is 12. The van der Waals surface area contributed by atoms with Crippen molar-refractivity contribution < 1.29 is 40.7 Å². The summed E-state index contributed by atoms with van der Waals surface area (Å²) in [5, 5.41) is 7.46. The number of aliphatic imine (C=N–C) groups is 1. The number of hydrogen-bond donors (Lipinski definition) is 1. The molecule has 0 unspecified atom stereocenters. The maximum Gasteiger partial charge on any atom is 0.333 e. The van der Waals surface area contributed by atoms with E-state index in [0.717, 1.165) is 34.4 Å². The number of carbonyl (C=O) groups is 2. The van der Waals surface area contributed by atoms with Gasteiger partial charge in [-0.1, -0.05) is 50.6 Å². The number of halogens is 7. The van der Waals surface area contributed by atoms with Crippen molar-refractivity contribution in [1.82, 2.24) is 29.4 Å². The van der Waals surface area contributed by atoms with Crippen molar-refractivity contribution in [2.75, 3.05) is 6.61 Å². The summed E-state index contributed by atoms with van der Waals surface area (Å²) in [6, 6.07) is 6.74. The molecule has 2 aromatic heterocycles. The molecule has 6 rings (SSSR count). The summed E-state index contributed by atoms with van der Waals surface area (Å²) in [7, 11) is 0. The molecule has 2 N–H and O–H groups in total. The quantitative estimate of drug-likeness (QED) is 0.121. The van der Waals surface area contributed by atoms with Gasteiger partial charge in [-0.25, -0.2) is 36.9 Å². The summed E-state index contributed by atoms with van der Waals surface area (Å²) in [5.74, 6) is -4.01. The van der Waals surface area contributed by atoms with E-state index < -0.39 is 72.2 Å². The standard InChI is InChI=1S/C34H33ClF6N8O3/c1-33(2,3)15-34(21-6-4-17(8-24(21)37)20-12-44-47(13-20)31(40)41)30(51)48(32(42)46-34)26(14-52-27(50)11-19-9-23(19)36)18-5-7-22(35)25(10-18)49-29(28(38)39)43-16-45-49/h4-8,10,12-13,16,19,23,26,28,31H,9,11,14-15H2,1-3H3,(H2,42,46)/t19-,23-,26+,34+/m0/s1. The highest BCUT2D eigenvalue weighted by Crippen LogP contribution is 2.46. The predicted octanol–water partition coefficient (Wildman–Crippen LogP) is 7.08. The lowest BCUT2D eigenvalue weighted by Crippen LogP contribution is -2.47. The Labute approximate surface area is 298 Å². The third-order valence-electron chi connectivity index (χ3n) is 8.79. The van der Waals surface area contributed by atoms with Crippen LogP contribution in [0.3, 0.4) is 0 Å². The fourth-order valence-electron chi connectivity index (χ4n) is 6.35. The van der Waals surface area contributed by atoms with E-state index in [9.17, 15) is 31.5 Å². The average molecular weight is 751 g/mol. The van der Waals surface area contributed by atoms with Gasteiger partial charge < -0.3 is 10.5 Å². The van der Waals surface area contributed by atoms with Gasteiger partial charge in [-0.2, -0.15) is 19.0 Å². The fraction of sp³-hybridized carbons (Fsp3) is 0.412. The molecule has 4 aromatic rings. The third kappa shape index (κ3) is 7.22. The number of guanidine groups is 1. The lowest BCUT2D eigenvalue weighted by Gasteiger charge is -2.35. The molecule has 0 spiro atoms. The van der Waals surface area contributed by atoms with Crippen LogP contribution in [0.25, 0.3) is 16.8 Å². The van der Waals surface area contributed by atoms with E-state index in [0.29, 0.717) is 4.68 Å². The van der Waals surface area contributed by atoms with Gasteiger partial charge in [0.1, 0.15) is 24.9 Å². The van der Waals surface area contributed by atoms with Crippen LogP contribution in [0.1, 0.15) is 76.0 Å². The second kappa shape index (κ2) is 13.9. The van der Waals surface area contributed by atoms with Gasteiger partial charge >= 0.3 is 12.5 Å². The van der Waals surface area contributed by atoms with E-state index in [-0.39, 0.29) is 58.2 Å². The fourth-order valence-corrected chi connectivity index (χ4v) is 6.55. The molecule has 276 valence electrons. The number of benzene rings is 2. The van der Waals surface area contributed by atoms with E-state index in [1.54, 1.807) is 20.8 Å². The summed E-state index contributed by atoms with van der Waals surface area (Å²) in [4.78, 5) is 36.8. The summed E-state index contributed by atoms with van der Waals surface area (Å²) in [6.07, 6.45) is -1.10. The molecular weight excluding hydrogens is 718 g/mol. The van der Waals surface area contributed by atoms with Gasteiger partial charge in [0.2, 0.25) is 0 Å². The number of nitrogens with zero attached hydrogens (tertiary/aromatic N) is 7. The first-order valence-electron chi connectivity index (χ1n) is 16.1. The SMILES string of the molecule is CC(C)(C)C[C@]1(c2ccc(-c3cnn(C(F)F)c3)cc2F)N=C(N)N([C@H](COC(=O)C[C@@H]2C[C@@H]2F)c2ccc(Cl)c(-n3ncnc3C(F)F)c2)C1=O. The van der Waals surface area contributed by atoms with Gasteiger partial charge in [0.05, 0.1) is 29.4 Å². The van der Waals surface area contributed by atoms with E-state index in [1.165, 1.54) is 30.3 Å². The van der Waals surface area contributed by atoms with Gasteiger partial charge in [-0.05, 0) is 47.6 Å². The van der Waals surface area contributed by atoms with Crippen molar-refractivity contribution in [3.63, 3.8) is 0 Å². The first kappa shape index (κ1) is 36.8. The number of esters is 1. The number of ether oxygens (including phenoxy) is 1. The zero-order valence-corrected chi connectivity index (χ0v) is 28.7. The number of amides is 1. The molecule has 11 nitrogen and oxygen atoms in total. The maximum absolute atomic E-state index is 16.2. The van der Waals surface area contributed by atoms with Gasteiger partial charge in [0.15, 0.2) is 17.3 Å². The Morgan fingerprint density at radius 2 is 1.85 bits per heavy atom. The highest BCUT2D eigenvalue weighted by molar-refractivity contribution is 6.32. The Kier molecular flexibility index (Phi) is 9.85. The third-order valence-corrected chi connectivity index (χ3v) is 9.11. The van der Waals surface area contributed by atoms with Gasteiger partial charge in [0.25, 0.3) is 12.3 Å². The first-order chi connectivity index (χ1) is 24.5. The summed E-state index contributed by atoms with van der Waals surface area (Å²) in [6.45, 7) is 1.97. The van der Waals surface area contributed by atoms with Crippen LogP contribution in [0, 0.1) is 17.2 Å². The minimum atomic E-state index is -3.02. The largest absolute Gasteiger partial charge is 0.463 e. The molecule has 0 bridgehead atoms. The highest BCUT2D eigenvalue weighted by atomic mass is 35.5. The van der Waals surface area contributed by atoms with E-state index in [1.807, 2.05) is 0 Å². The molecule has 2 aliphatic rings. The lowest BCUT2D eigenvalue weighted by atomic mass is 9.75. The number of nitrogens with two attached hydrogens (primary N) is 1. The van der Waals surface area contributed by atoms with Gasteiger partial charge in [0, 0.05) is 23.2 Å². The second-order valence-corrected chi connectivity index (χ2v) is 14.3. The molecule has 1 amide bonds. The molecule has 52 heavy (non-hydrogen) atoms. The number of carbonyl (C=O) groups excluding carboxylic acids is 2. The lowest BCUT2D eigenvalue weighted by molar-refractivity contribution is -0.148. The molecule has 1 aliphatic heterocycles. The van der Waals surface area contributed by atoms with Crippen LogP contribution in [0.4, 0.5) is 26.3 Å². The van der Waals surface area contributed by atoms with Crippen molar-refractivity contribution in [1.29, 1.82) is 0 Å². The van der Waals surface area contributed by atoms with Crippen LogP contribution in [0.2, 0.25) is 5.02 Å².